The summed E-state index contributed by atoms with van der Waals surface area (Å²) in [7, 11) is 7.18. The fourth-order valence-corrected chi connectivity index (χ4v) is 17.0. The zero-order chi connectivity index (χ0) is 86.4. The van der Waals surface area contributed by atoms with Crippen molar-refractivity contribution in [2.75, 3.05) is 50.7 Å². The molecule has 24 nitrogen and oxygen atoms in total. The van der Waals surface area contributed by atoms with E-state index in [9.17, 15) is 33.9 Å². The number of aryl methyl sites for hydroxylation is 3. The van der Waals surface area contributed by atoms with Crippen molar-refractivity contribution in [2.24, 2.45) is 0 Å². The zero-order valence-electron chi connectivity index (χ0n) is 66.7. The van der Waals surface area contributed by atoms with Gasteiger partial charge in [0.05, 0.1) is 125 Å². The van der Waals surface area contributed by atoms with Crippen molar-refractivity contribution in [3.05, 3.63) is 265 Å². The van der Waals surface area contributed by atoms with Crippen LogP contribution in [0, 0.1) is 3.57 Å². The number of amides is 3. The second kappa shape index (κ2) is 38.2. The number of anilines is 5. The number of esters is 2. The van der Waals surface area contributed by atoms with Gasteiger partial charge in [0, 0.05) is 59.4 Å². The van der Waals surface area contributed by atoms with Crippen molar-refractivity contribution in [3.63, 3.8) is 0 Å². The molecule has 3 saturated carbocycles. The lowest BCUT2D eigenvalue weighted by Gasteiger charge is -2.31. The number of benzene rings is 9. The number of carboxylic acid groups (broad SMARTS) is 1. The Morgan fingerprint density at radius 2 is 0.764 bits per heavy atom. The van der Waals surface area contributed by atoms with Gasteiger partial charge in [-0.15, -0.1) is 0 Å². The van der Waals surface area contributed by atoms with Gasteiger partial charge in [-0.1, -0.05) is 103 Å². The third-order valence-corrected chi connectivity index (χ3v) is 24.2. The predicted octanol–water partition coefficient (Wildman–Crippen LogP) is 23.0. The maximum absolute atomic E-state index is 13.1. The third-order valence-electron chi connectivity index (χ3n) is 21.4. The van der Waals surface area contributed by atoms with Crippen LogP contribution in [0.15, 0.2) is 177 Å². The Bertz CT molecular complexity index is 6040. The monoisotopic (exact) mass is 1890 g/mol. The summed E-state index contributed by atoms with van der Waals surface area (Å²) in [5.41, 5.74) is 13.3. The molecule has 0 bridgehead atoms. The van der Waals surface area contributed by atoms with Crippen LogP contribution in [0.3, 0.4) is 0 Å². The summed E-state index contributed by atoms with van der Waals surface area (Å²) < 4.78 is 62.2. The van der Waals surface area contributed by atoms with Crippen LogP contribution >= 0.6 is 92.2 Å². The average molecular weight is 1890 g/mol. The molecule has 2 N–H and O–H groups in total. The van der Waals surface area contributed by atoms with E-state index in [2.05, 4.69) is 48.1 Å². The first-order chi connectivity index (χ1) is 59.5. The van der Waals surface area contributed by atoms with Crippen molar-refractivity contribution in [1.82, 2.24) is 15.5 Å². The largest absolute Gasteiger partial charge is 0.496 e. The van der Waals surface area contributed by atoms with Crippen LogP contribution < -0.4 is 43.5 Å². The van der Waals surface area contributed by atoms with Gasteiger partial charge in [-0.3, -0.25) is 24.2 Å². The van der Waals surface area contributed by atoms with Crippen molar-refractivity contribution < 1.29 is 85.3 Å². The van der Waals surface area contributed by atoms with E-state index in [0.29, 0.717) is 177 Å². The lowest BCUT2D eigenvalue weighted by atomic mass is 9.99. The maximum atomic E-state index is 13.1. The molecule has 3 amide bonds. The normalized spacial score (nSPS) is 14.3. The highest BCUT2D eigenvalue weighted by atomic mass is 127. The molecular weight excluding hydrogens is 1820 g/mol. The number of ether oxygens (including phenoxy) is 8. The summed E-state index contributed by atoms with van der Waals surface area (Å²) in [5.74, 6) is 4.74. The molecule has 3 fully saturated rings. The van der Waals surface area contributed by atoms with Gasteiger partial charge in [0.2, 0.25) is 17.7 Å². The van der Waals surface area contributed by atoms with Gasteiger partial charge in [0.15, 0.2) is 0 Å². The first-order valence-electron chi connectivity index (χ1n) is 39.1. The standard InChI is InChI=1S/C31H26Cl2N2O6.C30H24Cl2N2O6.C22H18Cl2N2O3.C9H9IO3/c1-38-26-15-19(31(37)39-2)8-11-25(26)35-24-12-10-20(14-18(24)9-13-27(35)36)40-16-21-29(34-41-30(21)17-6-7-17)28-22(32)4-3-5-23(28)33;1-38-25-14-18(30(36)37)7-10-24(25)34-23-11-9-19(13-17(23)8-12-26(34)35)39-15-20-28(33-40-29(20)16-5-6-16)27-21(31)3-2-4-22(27)32;23-16-2-1-3-17(24)20(16)21-15(22(29-26-21)12-4-5-12)11-28-14-7-8-18-13(10-14)6-9-19(27)25-18;1-12-8-5-6(9(11)13-2)3-4-7(8)10/h3-5,8,10-12,14-15,17H,6-7,9,13,16H2,1-2H3;2-4,7,9-11,13-14,16H,5-6,8,12,15H2,1H3,(H,36,37);1-3,7-8,10,12H,4-6,9,11H2,(H,25,27);3-5H,1-2H3. The number of halogens is 7. The number of hydrogen-bond acceptors (Lipinski definition) is 20. The number of rotatable bonds is 23. The molecule has 3 aliphatic carbocycles. The number of carbonyl (C=O) groups excluding carboxylic acids is 5. The summed E-state index contributed by atoms with van der Waals surface area (Å²) in [5, 5.41) is 28.2. The second-order valence-corrected chi connectivity index (χ2v) is 33.0. The van der Waals surface area contributed by atoms with Gasteiger partial charge in [-0.2, -0.15) is 0 Å². The average Bonchev–Trinajstić information content (AvgIpc) is 1.69. The Balaban J connectivity index is 0.000000135. The molecule has 12 aromatic rings. The molecule has 18 rings (SSSR count). The number of carboxylic acids is 1. The molecular formula is C92H77Cl6IN6O18. The highest BCUT2D eigenvalue weighted by Gasteiger charge is 2.39. The second-order valence-electron chi connectivity index (χ2n) is 29.4. The van der Waals surface area contributed by atoms with E-state index in [4.69, 9.17) is 116 Å². The van der Waals surface area contributed by atoms with E-state index in [1.807, 2.05) is 54.6 Å². The van der Waals surface area contributed by atoms with E-state index >= 15 is 0 Å². The van der Waals surface area contributed by atoms with E-state index in [-0.39, 0.29) is 48.9 Å². The van der Waals surface area contributed by atoms with Crippen molar-refractivity contribution >= 4 is 156 Å². The highest BCUT2D eigenvalue weighted by Crippen LogP contribution is 2.51. The molecule has 0 spiro atoms. The van der Waals surface area contributed by atoms with Gasteiger partial charge < -0.3 is 61.9 Å². The van der Waals surface area contributed by atoms with Gasteiger partial charge in [-0.05, 0) is 243 Å². The Morgan fingerprint density at radius 3 is 1.14 bits per heavy atom. The van der Waals surface area contributed by atoms with Crippen LogP contribution in [-0.2, 0) is 62.9 Å². The van der Waals surface area contributed by atoms with Crippen LogP contribution in [0.25, 0.3) is 33.8 Å². The van der Waals surface area contributed by atoms with Crippen LogP contribution in [0.1, 0.15) is 157 Å². The number of carbonyl (C=O) groups is 6. The summed E-state index contributed by atoms with van der Waals surface area (Å²) >= 11 is 40.9. The van der Waals surface area contributed by atoms with E-state index < -0.39 is 11.9 Å². The fourth-order valence-electron chi connectivity index (χ4n) is 14.7. The molecule has 0 atom stereocenters. The Labute approximate surface area is 749 Å². The number of nitrogens with one attached hydrogen (secondary N) is 1. The van der Waals surface area contributed by atoms with Crippen LogP contribution in [0.2, 0.25) is 30.1 Å². The number of methoxy groups -OCH3 is 5. The zero-order valence-corrected chi connectivity index (χ0v) is 73.4. The molecule has 9 aromatic carbocycles. The Hall–Kier alpha value is -11.3. The summed E-state index contributed by atoms with van der Waals surface area (Å²) in [6, 6.07) is 47.4. The van der Waals surface area contributed by atoms with Crippen LogP contribution in [-0.4, -0.2) is 91.8 Å². The molecule has 632 valence electrons. The molecule has 3 aliphatic heterocycles. The first kappa shape index (κ1) is 86.6. The number of hydrogen-bond donors (Lipinski definition) is 2. The SMILES string of the molecule is COC(=O)c1ccc(I)c(OC)c1.COC(=O)c1ccc(N2C(=O)CCc3cc(OCc4c(-c5c(Cl)cccc5Cl)noc4C4CC4)ccc32)c(OC)c1.COc1cc(C(=O)O)ccc1N1C(=O)CCc2cc(OCc3c(-c4c(Cl)cccc4Cl)noc3C3CC3)ccc21.O=C1CCc2cc(OCc3c(-c4c(Cl)cccc4Cl)noc3C3CC3)ccc2N1. The van der Waals surface area contributed by atoms with Gasteiger partial charge in [0.1, 0.15) is 88.7 Å². The molecule has 0 saturated heterocycles. The molecule has 0 unspecified atom stereocenters. The topological polar surface area (TPSA) is 293 Å². The van der Waals surface area contributed by atoms with Crippen LogP contribution in [0.5, 0.6) is 34.5 Å². The van der Waals surface area contributed by atoms with E-state index in [1.165, 1.54) is 40.6 Å². The summed E-state index contributed by atoms with van der Waals surface area (Å²) in [6.07, 6.45) is 9.17. The molecule has 6 aliphatic rings. The molecule has 3 aromatic heterocycles. The number of aromatic nitrogens is 3. The minimum Gasteiger partial charge on any atom is -0.496 e. The van der Waals surface area contributed by atoms with Crippen molar-refractivity contribution in [1.29, 1.82) is 0 Å². The van der Waals surface area contributed by atoms with Crippen molar-refractivity contribution in [2.45, 2.75) is 115 Å². The maximum Gasteiger partial charge on any atom is 0.337 e. The minimum atomic E-state index is -1.07. The molecule has 0 radical (unpaired) electrons. The van der Waals surface area contributed by atoms with Gasteiger partial charge in [0.25, 0.3) is 0 Å². The van der Waals surface area contributed by atoms with Crippen molar-refractivity contribution in [3.8, 4) is 68.3 Å². The molecule has 123 heavy (non-hydrogen) atoms. The lowest BCUT2D eigenvalue weighted by Crippen LogP contribution is -2.31. The first-order valence-corrected chi connectivity index (χ1v) is 42.5. The fraction of sp³-hybridized carbons (Fsp3) is 0.250. The van der Waals surface area contributed by atoms with Gasteiger partial charge >= 0.3 is 17.9 Å². The smallest absolute Gasteiger partial charge is 0.337 e. The highest BCUT2D eigenvalue weighted by molar-refractivity contribution is 14.1. The Morgan fingerprint density at radius 1 is 0.423 bits per heavy atom. The summed E-state index contributed by atoms with van der Waals surface area (Å²) in [6.45, 7) is 0.728. The lowest BCUT2D eigenvalue weighted by molar-refractivity contribution is -0.119. The van der Waals surface area contributed by atoms with E-state index in [0.717, 1.165) is 110 Å². The van der Waals surface area contributed by atoms with Crippen LogP contribution in [0.4, 0.5) is 28.4 Å². The third kappa shape index (κ3) is 19.2. The van der Waals surface area contributed by atoms with Gasteiger partial charge in [-0.25, -0.2) is 14.4 Å². The number of fused-ring (bicyclic) bond motifs is 3. The summed E-state index contributed by atoms with van der Waals surface area (Å²) in [4.78, 5) is 75.4. The molecule has 31 heteroatoms. The quantitative estimate of drug-likeness (QED) is 0.0444. The number of nitrogens with zero attached hydrogens (tertiary/aromatic N) is 5. The molecule has 6 heterocycles. The Kier molecular flexibility index (Phi) is 26.9. The minimum absolute atomic E-state index is 0.0472. The predicted molar refractivity (Wildman–Crippen MR) is 473 cm³/mol. The number of aromatic carboxylic acids is 1. The van der Waals surface area contributed by atoms with E-state index in [1.54, 1.807) is 114 Å².